The van der Waals surface area contributed by atoms with Crippen LogP contribution in [0.2, 0.25) is 0 Å². The summed E-state index contributed by atoms with van der Waals surface area (Å²) >= 11 is 0. The van der Waals surface area contributed by atoms with E-state index in [2.05, 4.69) is 5.10 Å². The Kier molecular flexibility index (Phi) is 6.02. The number of rotatable bonds is 4. The zero-order valence-corrected chi connectivity index (χ0v) is 18.7. The van der Waals surface area contributed by atoms with Gasteiger partial charge in [0.1, 0.15) is 22.3 Å². The number of benzene rings is 2. The van der Waals surface area contributed by atoms with E-state index in [4.69, 9.17) is 0 Å². The van der Waals surface area contributed by atoms with E-state index in [1.807, 2.05) is 0 Å². The normalized spacial score (nSPS) is 15.1. The van der Waals surface area contributed by atoms with Crippen molar-refractivity contribution in [1.29, 1.82) is 0 Å². The number of halogens is 3. The average Bonchev–Trinajstić information content (AvgIpc) is 3.09. The zero-order valence-electron chi connectivity index (χ0n) is 17.9. The molecular weight excluding hydrogens is 457 g/mol. The number of carbonyl (C=O) groups excluding carboxylic acids is 1. The van der Waals surface area contributed by atoms with Gasteiger partial charge in [-0.05, 0) is 56.3 Å². The molecule has 0 spiro atoms. The number of nitrogens with zero attached hydrogens (tertiary/aromatic N) is 4. The van der Waals surface area contributed by atoms with Crippen molar-refractivity contribution < 1.29 is 26.4 Å². The Morgan fingerprint density at radius 3 is 2.15 bits per heavy atom. The summed E-state index contributed by atoms with van der Waals surface area (Å²) in [4.78, 5) is 14.0. The summed E-state index contributed by atoms with van der Waals surface area (Å²) in [7, 11) is -4.25. The maximum atomic E-state index is 14.0. The predicted octanol–water partition coefficient (Wildman–Crippen LogP) is 3.05. The standard InChI is InChI=1S/C22H21F3N4O3S/c1-14-21(15(2)29(26-14)18-6-3-16(23)4-7-18)22(30)27-9-11-28(12-10-27)33(31,32)20-13-17(24)5-8-19(20)25/h3-8,13H,9-12H2,1-2H3. The number of aryl methyl sites for hydroxylation is 1. The van der Waals surface area contributed by atoms with E-state index in [9.17, 15) is 26.4 Å². The molecule has 1 aliphatic heterocycles. The van der Waals surface area contributed by atoms with Crippen molar-refractivity contribution in [2.24, 2.45) is 0 Å². The second-order valence-corrected chi connectivity index (χ2v) is 9.61. The predicted molar refractivity (Wildman–Crippen MR) is 114 cm³/mol. The molecule has 2 heterocycles. The molecule has 0 aliphatic carbocycles. The SMILES string of the molecule is Cc1nn(-c2ccc(F)cc2)c(C)c1C(=O)N1CCN(S(=O)(=O)c2cc(F)ccc2F)CC1. The summed E-state index contributed by atoms with van der Waals surface area (Å²) < 4.78 is 68.9. The van der Waals surface area contributed by atoms with Crippen molar-refractivity contribution >= 4 is 15.9 Å². The van der Waals surface area contributed by atoms with Gasteiger partial charge < -0.3 is 4.90 Å². The first-order valence-electron chi connectivity index (χ1n) is 10.2. The summed E-state index contributed by atoms with van der Waals surface area (Å²) in [6.45, 7) is 3.45. The molecule has 1 aliphatic rings. The van der Waals surface area contributed by atoms with Gasteiger partial charge in [-0.25, -0.2) is 26.3 Å². The highest BCUT2D eigenvalue weighted by molar-refractivity contribution is 7.89. The van der Waals surface area contributed by atoms with Gasteiger partial charge in [-0.2, -0.15) is 9.40 Å². The van der Waals surface area contributed by atoms with E-state index >= 15 is 0 Å². The van der Waals surface area contributed by atoms with Crippen LogP contribution in [-0.2, 0) is 10.0 Å². The van der Waals surface area contributed by atoms with Crippen LogP contribution in [0.4, 0.5) is 13.2 Å². The number of carbonyl (C=O) groups is 1. The molecule has 0 bridgehead atoms. The number of amides is 1. The molecule has 11 heteroatoms. The Balaban J connectivity index is 1.52. The van der Waals surface area contributed by atoms with Crippen molar-refractivity contribution in [1.82, 2.24) is 19.0 Å². The lowest BCUT2D eigenvalue weighted by Crippen LogP contribution is -2.50. The first-order chi connectivity index (χ1) is 15.6. The molecular formula is C22H21F3N4O3S. The van der Waals surface area contributed by atoms with Crippen molar-refractivity contribution in [2.45, 2.75) is 18.7 Å². The molecule has 4 rings (SSSR count). The minimum absolute atomic E-state index is 0.0613. The Labute approximate surface area is 189 Å². The highest BCUT2D eigenvalue weighted by atomic mass is 32.2. The fourth-order valence-electron chi connectivity index (χ4n) is 3.89. The minimum atomic E-state index is -4.25. The van der Waals surface area contributed by atoms with Crippen LogP contribution in [0.1, 0.15) is 21.7 Å². The minimum Gasteiger partial charge on any atom is -0.336 e. The molecule has 7 nitrogen and oxygen atoms in total. The third-order valence-corrected chi connectivity index (χ3v) is 7.53. The van der Waals surface area contributed by atoms with Crippen molar-refractivity contribution in [3.8, 4) is 5.69 Å². The highest BCUT2D eigenvalue weighted by Gasteiger charge is 2.33. The quantitative estimate of drug-likeness (QED) is 0.578. The van der Waals surface area contributed by atoms with Gasteiger partial charge >= 0.3 is 0 Å². The molecule has 0 radical (unpaired) electrons. The molecule has 0 saturated carbocycles. The molecule has 3 aromatic rings. The zero-order chi connectivity index (χ0) is 23.9. The molecule has 1 saturated heterocycles. The van der Waals surface area contributed by atoms with Gasteiger partial charge in [0, 0.05) is 26.2 Å². The topological polar surface area (TPSA) is 75.5 Å². The molecule has 1 aromatic heterocycles. The van der Waals surface area contributed by atoms with Crippen LogP contribution in [0.3, 0.4) is 0 Å². The molecule has 174 valence electrons. The monoisotopic (exact) mass is 478 g/mol. The third kappa shape index (κ3) is 4.25. The molecule has 1 fully saturated rings. The van der Waals surface area contributed by atoms with Gasteiger partial charge in [0.15, 0.2) is 0 Å². The maximum absolute atomic E-state index is 14.0. The Morgan fingerprint density at radius 1 is 0.909 bits per heavy atom. The van der Waals surface area contributed by atoms with Crippen LogP contribution < -0.4 is 0 Å². The van der Waals surface area contributed by atoms with E-state index in [1.54, 1.807) is 30.7 Å². The summed E-state index contributed by atoms with van der Waals surface area (Å²) in [5.41, 5.74) is 2.04. The summed E-state index contributed by atoms with van der Waals surface area (Å²) in [5, 5.41) is 4.40. The largest absolute Gasteiger partial charge is 0.336 e. The summed E-state index contributed by atoms with van der Waals surface area (Å²) in [6.07, 6.45) is 0. The Hall–Kier alpha value is -3.18. The van der Waals surface area contributed by atoms with Crippen molar-refractivity contribution in [3.05, 3.63) is 76.9 Å². The Morgan fingerprint density at radius 2 is 1.52 bits per heavy atom. The van der Waals surface area contributed by atoms with Crippen LogP contribution in [0, 0.1) is 31.3 Å². The molecule has 0 unspecified atom stereocenters. The lowest BCUT2D eigenvalue weighted by Gasteiger charge is -2.34. The van der Waals surface area contributed by atoms with E-state index < -0.39 is 26.6 Å². The van der Waals surface area contributed by atoms with E-state index in [0.29, 0.717) is 28.7 Å². The van der Waals surface area contributed by atoms with Crippen LogP contribution in [0.15, 0.2) is 47.4 Å². The van der Waals surface area contributed by atoms with Gasteiger partial charge in [-0.15, -0.1) is 0 Å². The van der Waals surface area contributed by atoms with E-state index in [0.717, 1.165) is 16.4 Å². The van der Waals surface area contributed by atoms with Crippen LogP contribution >= 0.6 is 0 Å². The lowest BCUT2D eigenvalue weighted by atomic mass is 10.1. The second-order valence-electron chi connectivity index (χ2n) is 7.71. The number of sulfonamides is 1. The highest BCUT2D eigenvalue weighted by Crippen LogP contribution is 2.24. The molecule has 0 N–H and O–H groups in total. The average molecular weight is 478 g/mol. The molecule has 1 amide bonds. The number of hydrogen-bond acceptors (Lipinski definition) is 4. The van der Waals surface area contributed by atoms with Crippen LogP contribution in [-0.4, -0.2) is 59.5 Å². The molecule has 33 heavy (non-hydrogen) atoms. The first-order valence-corrected chi connectivity index (χ1v) is 11.6. The van der Waals surface area contributed by atoms with Crippen molar-refractivity contribution in [3.63, 3.8) is 0 Å². The third-order valence-electron chi connectivity index (χ3n) is 5.61. The fraction of sp³-hybridized carbons (Fsp3) is 0.273. The smallest absolute Gasteiger partial charge is 0.257 e. The lowest BCUT2D eigenvalue weighted by molar-refractivity contribution is 0.0696. The number of aromatic nitrogens is 2. The van der Waals surface area contributed by atoms with Crippen LogP contribution in [0.5, 0.6) is 0 Å². The van der Waals surface area contributed by atoms with E-state index in [1.165, 1.54) is 17.0 Å². The van der Waals surface area contributed by atoms with Gasteiger partial charge in [-0.3, -0.25) is 4.79 Å². The summed E-state index contributed by atoms with van der Waals surface area (Å²) in [5.74, 6) is -2.59. The maximum Gasteiger partial charge on any atom is 0.257 e. The molecule has 2 aromatic carbocycles. The second kappa shape index (κ2) is 8.64. The van der Waals surface area contributed by atoms with E-state index in [-0.39, 0.29) is 37.9 Å². The molecule has 0 atom stereocenters. The van der Waals surface area contributed by atoms with Crippen LogP contribution in [0.25, 0.3) is 5.69 Å². The fourth-order valence-corrected chi connectivity index (χ4v) is 5.39. The summed E-state index contributed by atoms with van der Waals surface area (Å²) in [6, 6.07) is 7.98. The Bertz CT molecular complexity index is 1320. The van der Waals surface area contributed by atoms with Gasteiger partial charge in [0.2, 0.25) is 10.0 Å². The van der Waals surface area contributed by atoms with Gasteiger partial charge in [0.05, 0.1) is 22.6 Å². The van der Waals surface area contributed by atoms with Gasteiger partial charge in [-0.1, -0.05) is 0 Å². The first kappa shape index (κ1) is 23.0. The van der Waals surface area contributed by atoms with Crippen molar-refractivity contribution in [2.75, 3.05) is 26.2 Å². The number of hydrogen-bond donors (Lipinski definition) is 0. The number of piperazine rings is 1. The van der Waals surface area contributed by atoms with Gasteiger partial charge in [0.25, 0.3) is 5.91 Å².